The molecule has 1 aliphatic heterocycles. The normalized spacial score (nSPS) is 17.9. The van der Waals surface area contributed by atoms with E-state index in [1.165, 1.54) is 0 Å². The van der Waals surface area contributed by atoms with Gasteiger partial charge >= 0.3 is 0 Å². The molecule has 0 saturated carbocycles. The molecule has 1 aromatic rings. The molecule has 0 aromatic heterocycles. The molecule has 0 saturated heterocycles. The summed E-state index contributed by atoms with van der Waals surface area (Å²) in [6.45, 7) is 5.48. The molecule has 1 heterocycles. The number of oxime groups is 1. The maximum atomic E-state index is 12.0. The summed E-state index contributed by atoms with van der Waals surface area (Å²) < 4.78 is 0. The second kappa shape index (κ2) is 5.65. The molecule has 0 N–H and O–H groups in total. The summed E-state index contributed by atoms with van der Waals surface area (Å²) in [6.07, 6.45) is 2.33. The molecule has 1 aromatic carbocycles. The van der Waals surface area contributed by atoms with Crippen LogP contribution < -0.4 is 4.90 Å². The Morgan fingerprint density at radius 3 is 2.74 bits per heavy atom. The van der Waals surface area contributed by atoms with Gasteiger partial charge in [-0.05, 0) is 37.8 Å². The van der Waals surface area contributed by atoms with Crippen LogP contribution in [-0.2, 0) is 9.63 Å². The molecule has 5 heteroatoms. The van der Waals surface area contributed by atoms with E-state index in [2.05, 4.69) is 5.16 Å². The molecule has 1 aliphatic rings. The maximum Gasteiger partial charge on any atom is 0.226 e. The first kappa shape index (κ1) is 13.9. The number of nitrogens with zero attached hydrogens (tertiary/aromatic N) is 2. The van der Waals surface area contributed by atoms with Crippen molar-refractivity contribution < 1.29 is 9.63 Å². The Morgan fingerprint density at radius 2 is 2.21 bits per heavy atom. The molecule has 0 fully saturated rings. The zero-order valence-electron chi connectivity index (χ0n) is 11.6. The first-order valence-electron chi connectivity index (χ1n) is 6.16. The van der Waals surface area contributed by atoms with Crippen molar-refractivity contribution in [2.24, 2.45) is 5.16 Å². The molecule has 102 valence electrons. The molecule has 1 atom stereocenters. The number of aryl methyl sites for hydroxylation is 1. The van der Waals surface area contributed by atoms with Gasteiger partial charge < -0.3 is 4.84 Å². The van der Waals surface area contributed by atoms with Crippen LogP contribution in [0.3, 0.4) is 0 Å². The molecule has 0 aliphatic carbocycles. The third-order valence-electron chi connectivity index (χ3n) is 3.02. The largest absolute Gasteiger partial charge is 0.370 e. The summed E-state index contributed by atoms with van der Waals surface area (Å²) in [5.41, 5.74) is 2.93. The standard InChI is InChI=1S/C14H18N2O2S/c1-9-5-6-13(19-4)12(7-9)16(11(3)17)14-8-10(2)15-18-14/h5-7,14H,8H2,1-4H3. The highest BCUT2D eigenvalue weighted by Crippen LogP contribution is 2.33. The van der Waals surface area contributed by atoms with Gasteiger partial charge in [0.1, 0.15) is 0 Å². The lowest BCUT2D eigenvalue weighted by Crippen LogP contribution is -2.39. The number of hydrogen-bond acceptors (Lipinski definition) is 4. The van der Waals surface area contributed by atoms with Gasteiger partial charge in [-0.25, -0.2) is 0 Å². The van der Waals surface area contributed by atoms with Crippen molar-refractivity contribution in [3.63, 3.8) is 0 Å². The predicted octanol–water partition coefficient (Wildman–Crippen LogP) is 3.19. The van der Waals surface area contributed by atoms with Crippen molar-refractivity contribution in [3.8, 4) is 0 Å². The average molecular weight is 278 g/mol. The van der Waals surface area contributed by atoms with Crippen LogP contribution in [0.25, 0.3) is 0 Å². The van der Waals surface area contributed by atoms with Crippen molar-refractivity contribution in [2.75, 3.05) is 11.2 Å². The highest BCUT2D eigenvalue weighted by Gasteiger charge is 2.30. The number of carbonyl (C=O) groups is 1. The summed E-state index contributed by atoms with van der Waals surface area (Å²) in [5, 5.41) is 3.94. The van der Waals surface area contributed by atoms with Gasteiger partial charge in [-0.1, -0.05) is 11.2 Å². The van der Waals surface area contributed by atoms with Crippen LogP contribution in [0.1, 0.15) is 25.8 Å². The van der Waals surface area contributed by atoms with Crippen molar-refractivity contribution in [1.82, 2.24) is 0 Å². The van der Waals surface area contributed by atoms with Gasteiger partial charge in [-0.3, -0.25) is 9.69 Å². The minimum atomic E-state index is -0.329. The van der Waals surface area contributed by atoms with Gasteiger partial charge in [-0.15, -0.1) is 11.8 Å². The molecule has 4 nitrogen and oxygen atoms in total. The monoisotopic (exact) mass is 278 g/mol. The lowest BCUT2D eigenvalue weighted by atomic mass is 10.1. The van der Waals surface area contributed by atoms with Crippen LogP contribution >= 0.6 is 11.8 Å². The Labute approximate surface area is 117 Å². The smallest absolute Gasteiger partial charge is 0.226 e. The zero-order chi connectivity index (χ0) is 14.0. The Kier molecular flexibility index (Phi) is 4.14. The van der Waals surface area contributed by atoms with E-state index in [1.54, 1.807) is 23.6 Å². The van der Waals surface area contributed by atoms with Gasteiger partial charge in [0, 0.05) is 18.2 Å². The molecule has 0 spiro atoms. The van der Waals surface area contributed by atoms with E-state index in [0.717, 1.165) is 21.9 Å². The van der Waals surface area contributed by atoms with E-state index in [1.807, 2.05) is 38.3 Å². The summed E-state index contributed by atoms with van der Waals surface area (Å²) in [4.78, 5) is 20.1. The lowest BCUT2D eigenvalue weighted by Gasteiger charge is -2.27. The Morgan fingerprint density at radius 1 is 1.47 bits per heavy atom. The average Bonchev–Trinajstić information content (AvgIpc) is 2.76. The molecule has 2 rings (SSSR count). The summed E-state index contributed by atoms with van der Waals surface area (Å²) in [7, 11) is 0. The molecule has 0 radical (unpaired) electrons. The highest BCUT2D eigenvalue weighted by atomic mass is 32.2. The van der Waals surface area contributed by atoms with Crippen LogP contribution in [0.4, 0.5) is 5.69 Å². The third-order valence-corrected chi connectivity index (χ3v) is 3.81. The number of thioether (sulfide) groups is 1. The van der Waals surface area contributed by atoms with E-state index in [4.69, 9.17) is 4.84 Å². The molecule has 1 amide bonds. The minimum absolute atomic E-state index is 0.0317. The molecule has 19 heavy (non-hydrogen) atoms. The first-order valence-corrected chi connectivity index (χ1v) is 7.39. The van der Waals surface area contributed by atoms with E-state index in [-0.39, 0.29) is 12.1 Å². The van der Waals surface area contributed by atoms with Gasteiger partial charge in [0.05, 0.1) is 11.4 Å². The van der Waals surface area contributed by atoms with Crippen LogP contribution in [-0.4, -0.2) is 24.1 Å². The Bertz CT molecular complexity index is 528. The highest BCUT2D eigenvalue weighted by molar-refractivity contribution is 7.98. The van der Waals surface area contributed by atoms with Gasteiger partial charge in [0.2, 0.25) is 12.1 Å². The number of benzene rings is 1. The van der Waals surface area contributed by atoms with Crippen LogP contribution in [0.5, 0.6) is 0 Å². The van der Waals surface area contributed by atoms with Crippen molar-refractivity contribution in [2.45, 2.75) is 38.3 Å². The summed E-state index contributed by atoms with van der Waals surface area (Å²) >= 11 is 1.62. The second-order valence-corrected chi connectivity index (χ2v) is 5.50. The quantitative estimate of drug-likeness (QED) is 0.797. The van der Waals surface area contributed by atoms with E-state index in [9.17, 15) is 4.79 Å². The topological polar surface area (TPSA) is 41.9 Å². The van der Waals surface area contributed by atoms with E-state index in [0.29, 0.717) is 6.42 Å². The maximum absolute atomic E-state index is 12.0. The predicted molar refractivity (Wildman–Crippen MR) is 78.7 cm³/mol. The molecule has 0 bridgehead atoms. The number of carbonyl (C=O) groups excluding carboxylic acids is 1. The fraction of sp³-hybridized carbons (Fsp3) is 0.429. The molecular formula is C14H18N2O2S. The number of hydrogen-bond donors (Lipinski definition) is 0. The zero-order valence-corrected chi connectivity index (χ0v) is 12.5. The Balaban J connectivity index is 2.39. The van der Waals surface area contributed by atoms with E-state index >= 15 is 0 Å². The van der Waals surface area contributed by atoms with Crippen molar-refractivity contribution in [3.05, 3.63) is 23.8 Å². The summed E-state index contributed by atoms with van der Waals surface area (Å²) in [5.74, 6) is -0.0317. The second-order valence-electron chi connectivity index (χ2n) is 4.66. The van der Waals surface area contributed by atoms with Crippen LogP contribution in [0.2, 0.25) is 0 Å². The fourth-order valence-electron chi connectivity index (χ4n) is 2.13. The molecule has 1 unspecified atom stereocenters. The summed E-state index contributed by atoms with van der Waals surface area (Å²) in [6, 6.07) is 6.10. The van der Waals surface area contributed by atoms with Crippen molar-refractivity contribution >= 4 is 29.1 Å². The number of anilines is 1. The number of amides is 1. The minimum Gasteiger partial charge on any atom is -0.370 e. The Hall–Kier alpha value is -1.49. The third kappa shape index (κ3) is 2.92. The fourth-order valence-corrected chi connectivity index (χ4v) is 2.70. The van der Waals surface area contributed by atoms with E-state index < -0.39 is 0 Å². The van der Waals surface area contributed by atoms with Crippen LogP contribution in [0, 0.1) is 6.92 Å². The lowest BCUT2D eigenvalue weighted by molar-refractivity contribution is -0.119. The van der Waals surface area contributed by atoms with Gasteiger partial charge in [0.15, 0.2) is 0 Å². The van der Waals surface area contributed by atoms with Gasteiger partial charge in [0.25, 0.3) is 0 Å². The van der Waals surface area contributed by atoms with Crippen molar-refractivity contribution in [1.29, 1.82) is 0 Å². The first-order chi connectivity index (χ1) is 9.02. The molecular weight excluding hydrogens is 260 g/mol. The number of rotatable bonds is 3. The SMILES string of the molecule is CSc1ccc(C)cc1N(C(C)=O)C1CC(C)=NO1. The van der Waals surface area contributed by atoms with Crippen LogP contribution in [0.15, 0.2) is 28.3 Å². The van der Waals surface area contributed by atoms with Gasteiger partial charge in [-0.2, -0.15) is 0 Å².